The molecular formula is C19H25N8O10P. The van der Waals surface area contributed by atoms with Crippen LogP contribution < -0.4 is 17.0 Å². The number of aromatic amines is 1. The zero-order valence-corrected chi connectivity index (χ0v) is 20.7. The summed E-state index contributed by atoms with van der Waals surface area (Å²) >= 11 is 0. The lowest BCUT2D eigenvalue weighted by molar-refractivity contribution is -0.0568. The van der Waals surface area contributed by atoms with Gasteiger partial charge in [-0.05, 0) is 6.92 Å². The molecule has 0 bridgehead atoms. The Morgan fingerprint density at radius 3 is 2.61 bits per heavy atom. The van der Waals surface area contributed by atoms with Crippen molar-refractivity contribution in [3.8, 4) is 0 Å². The van der Waals surface area contributed by atoms with Gasteiger partial charge >= 0.3 is 13.5 Å². The van der Waals surface area contributed by atoms with Gasteiger partial charge in [0.15, 0.2) is 11.2 Å². The second kappa shape index (κ2) is 10.2. The van der Waals surface area contributed by atoms with Crippen molar-refractivity contribution >= 4 is 24.9 Å². The first kappa shape index (κ1) is 26.5. The minimum absolute atomic E-state index is 0.00278. The number of nitrogen functional groups attached to an aromatic ring is 1. The smallest absolute Gasteiger partial charge is 0.394 e. The molecule has 18 nitrogen and oxygen atoms in total. The van der Waals surface area contributed by atoms with E-state index < -0.39 is 69.2 Å². The molecule has 2 aliphatic rings. The highest BCUT2D eigenvalue weighted by atomic mass is 31.2. The summed E-state index contributed by atoms with van der Waals surface area (Å²) < 4.78 is 36.9. The Morgan fingerprint density at radius 2 is 1.87 bits per heavy atom. The second-order valence-electron chi connectivity index (χ2n) is 8.77. The number of rotatable bonds is 8. The zero-order chi connectivity index (χ0) is 27.2. The van der Waals surface area contributed by atoms with E-state index >= 15 is 0 Å². The number of phosphoric acid groups is 1. The van der Waals surface area contributed by atoms with Crippen LogP contribution in [-0.2, 0) is 23.1 Å². The predicted molar refractivity (Wildman–Crippen MR) is 124 cm³/mol. The summed E-state index contributed by atoms with van der Waals surface area (Å²) in [6.07, 6.45) is -3.60. The van der Waals surface area contributed by atoms with Crippen LogP contribution in [0.25, 0.3) is 11.2 Å². The van der Waals surface area contributed by atoms with Gasteiger partial charge in [-0.2, -0.15) is 4.98 Å². The first-order valence-electron chi connectivity index (χ1n) is 11.4. The van der Waals surface area contributed by atoms with Gasteiger partial charge in [0, 0.05) is 12.8 Å². The van der Waals surface area contributed by atoms with Gasteiger partial charge in [-0.25, -0.2) is 24.3 Å². The Labute approximate surface area is 212 Å². The largest absolute Gasteiger partial charge is 0.472 e. The minimum Gasteiger partial charge on any atom is -0.394 e. The summed E-state index contributed by atoms with van der Waals surface area (Å²) in [7, 11) is -4.73. The molecule has 5 heterocycles. The van der Waals surface area contributed by atoms with Gasteiger partial charge in [-0.1, -0.05) is 0 Å². The van der Waals surface area contributed by atoms with Crippen LogP contribution in [0.3, 0.4) is 0 Å². The van der Waals surface area contributed by atoms with Crippen LogP contribution in [0.4, 0.5) is 5.95 Å². The number of phosphoric ester groups is 1. The molecule has 7 atom stereocenters. The third kappa shape index (κ3) is 5.25. The predicted octanol–water partition coefficient (Wildman–Crippen LogP) is -1.91. The Hall–Kier alpha value is -3.09. The topological polar surface area (TPSA) is 252 Å². The first-order chi connectivity index (χ1) is 18.0. The maximum Gasteiger partial charge on any atom is 0.472 e. The molecule has 0 saturated carbocycles. The van der Waals surface area contributed by atoms with E-state index in [0.717, 1.165) is 10.9 Å². The number of H-pyrrole nitrogens is 1. The number of nitrogens with one attached hydrogen (secondary N) is 1. The molecule has 19 heteroatoms. The average Bonchev–Trinajstić information content (AvgIpc) is 3.54. The summed E-state index contributed by atoms with van der Waals surface area (Å²) in [6.45, 7) is 0.519. The van der Waals surface area contributed by atoms with E-state index in [-0.39, 0.29) is 30.0 Å². The molecule has 0 aromatic carbocycles. The first-order valence-corrected chi connectivity index (χ1v) is 12.9. The number of aromatic nitrogens is 7. The maximum atomic E-state index is 12.7. The molecule has 6 N–H and O–H groups in total. The third-order valence-electron chi connectivity index (χ3n) is 6.15. The second-order valence-corrected chi connectivity index (χ2v) is 10.2. The standard InChI is InChI=1S/C19H25N8O10P/c1-8-23-16-15(17(30)24-8)21-6-26(16)14-3-10(11(4-28)35-14)37-38(32,33)34-5-12-9(29)2-13(36-12)27-7-22-18(20)25-19(27)31/h6-7,9-14,28-29H,2-5H2,1H3,(H,32,33)(H2,20,25,31)(H,23,24,30)/t9-,10-,11-,12-,13-,14-/m1/s1. The number of anilines is 1. The van der Waals surface area contributed by atoms with Crippen LogP contribution in [0.1, 0.15) is 31.1 Å². The number of imidazole rings is 1. The minimum atomic E-state index is -4.73. The van der Waals surface area contributed by atoms with Crippen molar-refractivity contribution in [2.75, 3.05) is 18.9 Å². The number of aryl methyl sites for hydroxylation is 1. The Bertz CT molecular complexity index is 1490. The molecular weight excluding hydrogens is 531 g/mol. The van der Waals surface area contributed by atoms with Gasteiger partial charge in [0.25, 0.3) is 5.56 Å². The van der Waals surface area contributed by atoms with Crippen molar-refractivity contribution in [1.82, 2.24) is 34.1 Å². The van der Waals surface area contributed by atoms with Crippen LogP contribution in [0.2, 0.25) is 0 Å². The molecule has 5 rings (SSSR count). The maximum absolute atomic E-state index is 12.7. The lowest BCUT2D eigenvalue weighted by Gasteiger charge is -2.21. The number of nitrogens with two attached hydrogens (primary N) is 1. The summed E-state index contributed by atoms with van der Waals surface area (Å²) in [4.78, 5) is 52.5. The molecule has 2 fully saturated rings. The number of aliphatic hydroxyl groups excluding tert-OH is 2. The van der Waals surface area contributed by atoms with E-state index in [2.05, 4.69) is 24.9 Å². The van der Waals surface area contributed by atoms with Crippen molar-refractivity contribution in [3.05, 3.63) is 39.3 Å². The van der Waals surface area contributed by atoms with Gasteiger partial charge < -0.3 is 35.3 Å². The van der Waals surface area contributed by atoms with Crippen molar-refractivity contribution in [2.45, 2.75) is 56.6 Å². The SMILES string of the molecule is Cc1nc2c(ncn2[C@H]2C[C@@H](OP(=O)(O)OC[C@H]3O[C@@H](n4cnc(N)nc4=O)C[C@H]3O)[C@@H](CO)O2)c(=O)[nH]1. The van der Waals surface area contributed by atoms with E-state index in [1.54, 1.807) is 6.92 Å². The quantitative estimate of drug-likeness (QED) is 0.190. The number of ether oxygens (including phenoxy) is 2. The summed E-state index contributed by atoms with van der Waals surface area (Å²) in [6, 6.07) is 0. The highest BCUT2D eigenvalue weighted by Crippen LogP contribution is 2.49. The lowest BCUT2D eigenvalue weighted by Crippen LogP contribution is -2.30. The van der Waals surface area contributed by atoms with Gasteiger partial charge in [-0.15, -0.1) is 0 Å². The number of nitrogens with zero attached hydrogens (tertiary/aromatic N) is 6. The molecule has 3 aromatic heterocycles. The fraction of sp³-hybridized carbons (Fsp3) is 0.579. The third-order valence-corrected chi connectivity index (χ3v) is 7.16. The van der Waals surface area contributed by atoms with Gasteiger partial charge in [0.05, 0.1) is 25.6 Å². The summed E-state index contributed by atoms with van der Waals surface area (Å²) in [5.74, 6) is 0.137. The highest BCUT2D eigenvalue weighted by Gasteiger charge is 2.43. The van der Waals surface area contributed by atoms with E-state index in [4.69, 9.17) is 24.3 Å². The number of hydrogen-bond donors (Lipinski definition) is 5. The van der Waals surface area contributed by atoms with Gasteiger partial charge in [0.1, 0.15) is 42.9 Å². The molecule has 3 aromatic rings. The van der Waals surface area contributed by atoms with Crippen molar-refractivity contribution in [3.63, 3.8) is 0 Å². The van der Waals surface area contributed by atoms with Crippen LogP contribution in [-0.4, -0.2) is 86.8 Å². The van der Waals surface area contributed by atoms with Gasteiger partial charge in [-0.3, -0.25) is 23.0 Å². The number of hydrogen-bond acceptors (Lipinski definition) is 14. The fourth-order valence-corrected chi connectivity index (χ4v) is 5.31. The Morgan fingerprint density at radius 1 is 1.16 bits per heavy atom. The Kier molecular flexibility index (Phi) is 7.14. The summed E-state index contributed by atoms with van der Waals surface area (Å²) in [5.41, 5.74) is 4.53. The number of aliphatic hydroxyl groups is 2. The van der Waals surface area contributed by atoms with Crippen LogP contribution in [0, 0.1) is 6.92 Å². The van der Waals surface area contributed by atoms with Crippen molar-refractivity contribution in [2.24, 2.45) is 0 Å². The molecule has 2 saturated heterocycles. The lowest BCUT2D eigenvalue weighted by atomic mass is 10.2. The fourth-order valence-electron chi connectivity index (χ4n) is 4.35. The molecule has 2 aliphatic heterocycles. The van der Waals surface area contributed by atoms with Crippen molar-refractivity contribution < 1.29 is 38.2 Å². The molecule has 206 valence electrons. The monoisotopic (exact) mass is 556 g/mol. The molecule has 1 unspecified atom stereocenters. The van der Waals surface area contributed by atoms with E-state index in [1.165, 1.54) is 10.9 Å². The number of fused-ring (bicyclic) bond motifs is 1. The molecule has 0 spiro atoms. The van der Waals surface area contributed by atoms with Crippen LogP contribution in [0.15, 0.2) is 22.2 Å². The van der Waals surface area contributed by atoms with E-state index in [1.807, 2.05) is 0 Å². The molecule has 0 radical (unpaired) electrons. The highest BCUT2D eigenvalue weighted by molar-refractivity contribution is 7.47. The van der Waals surface area contributed by atoms with E-state index in [0.29, 0.717) is 5.82 Å². The normalized spacial score (nSPS) is 29.2. The van der Waals surface area contributed by atoms with E-state index in [9.17, 15) is 29.3 Å². The molecule has 38 heavy (non-hydrogen) atoms. The molecule has 0 aliphatic carbocycles. The van der Waals surface area contributed by atoms with Crippen LogP contribution >= 0.6 is 7.82 Å². The van der Waals surface area contributed by atoms with Crippen LogP contribution in [0.5, 0.6) is 0 Å². The van der Waals surface area contributed by atoms with Crippen molar-refractivity contribution in [1.29, 1.82) is 0 Å². The zero-order valence-electron chi connectivity index (χ0n) is 19.9. The average molecular weight is 556 g/mol. The molecule has 0 amide bonds. The summed E-state index contributed by atoms with van der Waals surface area (Å²) in [5, 5.41) is 20.1. The Balaban J connectivity index is 1.23. The van der Waals surface area contributed by atoms with Gasteiger partial charge in [0.2, 0.25) is 5.95 Å².